The maximum absolute atomic E-state index is 6.26. The van der Waals surface area contributed by atoms with Crippen molar-refractivity contribution in [2.45, 2.75) is 123 Å². The first-order valence-electron chi connectivity index (χ1n) is 11.2. The van der Waals surface area contributed by atoms with Crippen LogP contribution in [0.5, 0.6) is 0 Å². The van der Waals surface area contributed by atoms with Crippen molar-refractivity contribution >= 4 is 26.7 Å². The van der Waals surface area contributed by atoms with Crippen molar-refractivity contribution < 1.29 is 4.43 Å². The SMILES string of the molecule is CCCC/C(=C/O[Si](C)(C)C)[CH2][Sn]([CH2]CCC)([CH2]CCC)[CH2]CCC. The van der Waals surface area contributed by atoms with E-state index in [-0.39, 0.29) is 0 Å². The van der Waals surface area contributed by atoms with Gasteiger partial charge in [0, 0.05) is 0 Å². The predicted octanol–water partition coefficient (Wildman–Crippen LogP) is 8.76. The summed E-state index contributed by atoms with van der Waals surface area (Å²) in [6.45, 7) is 16.4. The van der Waals surface area contributed by atoms with E-state index in [0.29, 0.717) is 0 Å². The van der Waals surface area contributed by atoms with Gasteiger partial charge in [0.15, 0.2) is 0 Å². The summed E-state index contributed by atoms with van der Waals surface area (Å²) in [6, 6.07) is 0. The molecule has 0 aromatic rings. The predicted molar refractivity (Wildman–Crippen MR) is 122 cm³/mol. The fourth-order valence-electron chi connectivity index (χ4n) is 3.63. The molecule has 0 aliphatic rings. The Morgan fingerprint density at radius 2 is 1.20 bits per heavy atom. The second-order valence-corrected chi connectivity index (χ2v) is 27.4. The standard InChI is InChI=1S/C10H21OSi.3C4H9.Sn/c1-6-7-8-10(2)9-11-12(3,4)5;3*1-3-4-2;/h9H,2,6-8H2,1,3-5H3;3*1,3-4H2,2H3;/b10-9+;;;;. The third-order valence-corrected chi connectivity index (χ3v) is 21.6. The third kappa shape index (κ3) is 13.4. The van der Waals surface area contributed by atoms with Crippen LogP contribution in [0, 0.1) is 0 Å². The van der Waals surface area contributed by atoms with Gasteiger partial charge < -0.3 is 0 Å². The second-order valence-electron chi connectivity index (χ2n) is 9.10. The van der Waals surface area contributed by atoms with Gasteiger partial charge in [-0.3, -0.25) is 0 Å². The van der Waals surface area contributed by atoms with Crippen LogP contribution in [0.3, 0.4) is 0 Å². The fourth-order valence-corrected chi connectivity index (χ4v) is 20.7. The molecule has 0 amide bonds. The summed E-state index contributed by atoms with van der Waals surface area (Å²) in [6.07, 6.45) is 14.7. The van der Waals surface area contributed by atoms with Crippen LogP contribution in [0.15, 0.2) is 11.8 Å². The van der Waals surface area contributed by atoms with Gasteiger partial charge in [-0.1, -0.05) is 0 Å². The van der Waals surface area contributed by atoms with Crippen LogP contribution in [-0.2, 0) is 4.43 Å². The van der Waals surface area contributed by atoms with E-state index in [2.05, 4.69) is 53.6 Å². The Morgan fingerprint density at radius 3 is 1.56 bits per heavy atom. The average Bonchev–Trinajstić information content (AvgIpc) is 2.57. The quantitative estimate of drug-likeness (QED) is 0.160. The first kappa shape index (κ1) is 25.6. The summed E-state index contributed by atoms with van der Waals surface area (Å²) in [5.41, 5.74) is 1.68. The molecule has 3 heteroatoms. The van der Waals surface area contributed by atoms with Gasteiger partial charge >= 0.3 is 166 Å². The van der Waals surface area contributed by atoms with E-state index in [4.69, 9.17) is 4.43 Å². The minimum atomic E-state index is -2.08. The summed E-state index contributed by atoms with van der Waals surface area (Å²) >= 11 is -2.08. The molecule has 0 saturated carbocycles. The van der Waals surface area contributed by atoms with Crippen molar-refractivity contribution in [3.63, 3.8) is 0 Å². The normalized spacial score (nSPS) is 13.3. The van der Waals surface area contributed by atoms with Crippen molar-refractivity contribution in [2.75, 3.05) is 0 Å². The van der Waals surface area contributed by atoms with Gasteiger partial charge in [-0.25, -0.2) is 0 Å². The molecule has 0 saturated heterocycles. The molecule has 0 atom stereocenters. The molecular weight excluding hydrogens is 427 g/mol. The first-order valence-corrected chi connectivity index (χ1v) is 22.7. The van der Waals surface area contributed by atoms with Crippen molar-refractivity contribution in [3.8, 4) is 0 Å². The van der Waals surface area contributed by atoms with Crippen LogP contribution in [0.25, 0.3) is 0 Å². The summed E-state index contributed by atoms with van der Waals surface area (Å²) in [5, 5.41) is 0. The molecule has 0 N–H and O–H groups in total. The number of hydrogen-bond donors (Lipinski definition) is 0. The Hall–Kier alpha value is 0.556. The zero-order chi connectivity index (χ0) is 19.2. The molecule has 0 fully saturated rings. The monoisotopic (exact) mass is 476 g/mol. The van der Waals surface area contributed by atoms with Crippen LogP contribution in [0.2, 0.25) is 37.4 Å². The van der Waals surface area contributed by atoms with E-state index in [1.165, 1.54) is 62.2 Å². The fraction of sp³-hybridized carbons (Fsp3) is 0.909. The summed E-state index contributed by atoms with van der Waals surface area (Å²) in [4.78, 5) is 0. The van der Waals surface area contributed by atoms with E-state index in [1.807, 2.05) is 0 Å². The molecule has 150 valence electrons. The van der Waals surface area contributed by atoms with Crippen LogP contribution in [-0.4, -0.2) is 26.7 Å². The topological polar surface area (TPSA) is 9.23 Å². The van der Waals surface area contributed by atoms with Gasteiger partial charge in [-0.2, -0.15) is 0 Å². The first-order chi connectivity index (χ1) is 11.8. The van der Waals surface area contributed by atoms with Gasteiger partial charge in [0.25, 0.3) is 0 Å². The Balaban J connectivity index is 5.34. The van der Waals surface area contributed by atoms with Gasteiger partial charge in [-0.15, -0.1) is 0 Å². The maximum atomic E-state index is 6.26. The number of allylic oxidation sites excluding steroid dienone is 1. The van der Waals surface area contributed by atoms with E-state index in [9.17, 15) is 0 Å². The van der Waals surface area contributed by atoms with Crippen molar-refractivity contribution in [1.29, 1.82) is 0 Å². The zero-order valence-corrected chi connectivity index (χ0v) is 22.5. The average molecular weight is 475 g/mol. The molecule has 0 unspecified atom stereocenters. The number of unbranched alkanes of at least 4 members (excludes halogenated alkanes) is 4. The molecule has 0 bridgehead atoms. The van der Waals surface area contributed by atoms with Crippen molar-refractivity contribution in [3.05, 3.63) is 11.8 Å². The van der Waals surface area contributed by atoms with Crippen LogP contribution in [0.4, 0.5) is 0 Å². The molecule has 0 aromatic heterocycles. The van der Waals surface area contributed by atoms with Gasteiger partial charge in [0.1, 0.15) is 0 Å². The molecule has 25 heavy (non-hydrogen) atoms. The van der Waals surface area contributed by atoms with E-state index in [0.717, 1.165) is 0 Å². The Labute approximate surface area is 165 Å². The number of hydrogen-bond acceptors (Lipinski definition) is 1. The number of rotatable bonds is 16. The van der Waals surface area contributed by atoms with Crippen molar-refractivity contribution in [2.24, 2.45) is 0 Å². The minimum absolute atomic E-state index is 1.28. The molecular formula is C22H48OSiSn. The van der Waals surface area contributed by atoms with Crippen molar-refractivity contribution in [1.82, 2.24) is 0 Å². The Morgan fingerprint density at radius 1 is 0.760 bits per heavy atom. The second kappa shape index (κ2) is 14.6. The van der Waals surface area contributed by atoms with E-state index < -0.39 is 26.7 Å². The molecule has 0 radical (unpaired) electrons. The van der Waals surface area contributed by atoms with Crippen LogP contribution in [0.1, 0.15) is 85.5 Å². The van der Waals surface area contributed by atoms with Crippen LogP contribution < -0.4 is 0 Å². The Kier molecular flexibility index (Phi) is 14.9. The molecule has 0 aromatic carbocycles. The summed E-state index contributed by atoms with van der Waals surface area (Å²) < 4.78 is 12.6. The summed E-state index contributed by atoms with van der Waals surface area (Å²) in [7, 11) is -1.46. The van der Waals surface area contributed by atoms with Gasteiger partial charge in [0.05, 0.1) is 0 Å². The molecule has 0 rings (SSSR count). The van der Waals surface area contributed by atoms with E-state index >= 15 is 0 Å². The molecule has 0 heterocycles. The Bertz CT molecular complexity index is 325. The van der Waals surface area contributed by atoms with Gasteiger partial charge in [-0.05, 0) is 0 Å². The third-order valence-electron chi connectivity index (χ3n) is 5.21. The zero-order valence-electron chi connectivity index (χ0n) is 18.7. The molecule has 0 aliphatic heterocycles. The van der Waals surface area contributed by atoms with Gasteiger partial charge in [0.2, 0.25) is 0 Å². The molecule has 0 spiro atoms. The molecule has 1 nitrogen and oxygen atoms in total. The van der Waals surface area contributed by atoms with E-state index in [1.54, 1.807) is 18.9 Å². The van der Waals surface area contributed by atoms with Crippen LogP contribution >= 0.6 is 0 Å². The molecule has 0 aliphatic carbocycles. The summed E-state index contributed by atoms with van der Waals surface area (Å²) in [5.74, 6) is 0.